The van der Waals surface area contributed by atoms with Crippen LogP contribution < -0.4 is 5.32 Å². The van der Waals surface area contributed by atoms with Crippen LogP contribution in [0.1, 0.15) is 43.7 Å². The van der Waals surface area contributed by atoms with Crippen molar-refractivity contribution in [1.82, 2.24) is 15.1 Å². The van der Waals surface area contributed by atoms with Crippen molar-refractivity contribution in [2.45, 2.75) is 50.7 Å². The zero-order valence-electron chi connectivity index (χ0n) is 16.5. The van der Waals surface area contributed by atoms with Gasteiger partial charge in [-0.15, -0.1) is 0 Å². The van der Waals surface area contributed by atoms with Gasteiger partial charge >= 0.3 is 6.03 Å². The van der Waals surface area contributed by atoms with Crippen LogP contribution in [0.4, 0.5) is 4.79 Å². The molecule has 2 saturated heterocycles. The molecule has 7 nitrogen and oxygen atoms in total. The Kier molecular flexibility index (Phi) is 4.65. The molecule has 0 aromatic heterocycles. The number of amides is 4. The van der Waals surface area contributed by atoms with Crippen LogP contribution in [0.3, 0.4) is 0 Å². The molecule has 1 atom stereocenters. The van der Waals surface area contributed by atoms with Crippen molar-refractivity contribution < 1.29 is 19.1 Å². The van der Waals surface area contributed by atoms with E-state index in [-0.39, 0.29) is 18.1 Å². The van der Waals surface area contributed by atoms with Crippen LogP contribution in [0.2, 0.25) is 0 Å². The summed E-state index contributed by atoms with van der Waals surface area (Å²) in [7, 11) is 0. The van der Waals surface area contributed by atoms with Gasteiger partial charge in [-0.25, -0.2) is 4.79 Å². The van der Waals surface area contributed by atoms with E-state index in [1.54, 1.807) is 11.8 Å². The predicted octanol–water partition coefficient (Wildman–Crippen LogP) is 1.93. The van der Waals surface area contributed by atoms with Crippen LogP contribution in [-0.4, -0.2) is 59.5 Å². The average molecular weight is 385 g/mol. The Morgan fingerprint density at radius 3 is 2.54 bits per heavy atom. The van der Waals surface area contributed by atoms with E-state index in [0.29, 0.717) is 25.3 Å². The van der Waals surface area contributed by atoms with Gasteiger partial charge in [0.2, 0.25) is 5.91 Å². The Morgan fingerprint density at radius 2 is 1.86 bits per heavy atom. The fourth-order valence-corrected chi connectivity index (χ4v) is 4.54. The quantitative estimate of drug-likeness (QED) is 0.807. The minimum Gasteiger partial charge on any atom is -0.371 e. The highest BCUT2D eigenvalue weighted by atomic mass is 16.5. The first kappa shape index (κ1) is 18.9. The number of ether oxygens (including phenoxy) is 1. The topological polar surface area (TPSA) is 79.0 Å². The summed E-state index contributed by atoms with van der Waals surface area (Å²) in [6.07, 6.45) is 4.16. The SMILES string of the molecule is Cc1ccc(C2(C)NC(=O)N(CC(=O)N3CCOC4(CCCC4)C3)C2=O)cc1. The number of nitrogens with one attached hydrogen (secondary N) is 1. The number of hydrogen-bond acceptors (Lipinski definition) is 4. The molecule has 4 amide bonds. The molecule has 3 aliphatic rings. The van der Waals surface area contributed by atoms with Crippen LogP contribution >= 0.6 is 0 Å². The van der Waals surface area contributed by atoms with E-state index in [4.69, 9.17) is 4.74 Å². The lowest BCUT2D eigenvalue weighted by Crippen LogP contribution is -2.54. The molecule has 150 valence electrons. The number of carbonyl (C=O) groups is 3. The molecular weight excluding hydrogens is 358 g/mol. The molecule has 1 spiro atoms. The van der Waals surface area contributed by atoms with Crippen LogP contribution in [0.15, 0.2) is 24.3 Å². The first-order valence-electron chi connectivity index (χ1n) is 9.96. The maximum Gasteiger partial charge on any atom is 0.325 e. The van der Waals surface area contributed by atoms with Crippen LogP contribution in [0.25, 0.3) is 0 Å². The Labute approximate surface area is 165 Å². The minimum atomic E-state index is -1.15. The highest BCUT2D eigenvalue weighted by Gasteiger charge is 2.50. The van der Waals surface area contributed by atoms with E-state index in [9.17, 15) is 14.4 Å². The van der Waals surface area contributed by atoms with Gasteiger partial charge in [-0.1, -0.05) is 42.7 Å². The van der Waals surface area contributed by atoms with Gasteiger partial charge in [-0.05, 0) is 32.3 Å². The number of nitrogens with zero attached hydrogens (tertiary/aromatic N) is 2. The normalized spacial score (nSPS) is 26.8. The van der Waals surface area contributed by atoms with Gasteiger partial charge in [-0.3, -0.25) is 14.5 Å². The molecule has 1 aromatic carbocycles. The van der Waals surface area contributed by atoms with Crippen molar-refractivity contribution in [3.05, 3.63) is 35.4 Å². The van der Waals surface area contributed by atoms with Gasteiger partial charge in [-0.2, -0.15) is 0 Å². The summed E-state index contributed by atoms with van der Waals surface area (Å²) >= 11 is 0. The number of imide groups is 1. The Bertz CT molecular complexity index is 800. The minimum absolute atomic E-state index is 0.203. The molecule has 0 radical (unpaired) electrons. The molecule has 1 N–H and O–H groups in total. The Morgan fingerprint density at radius 1 is 1.18 bits per heavy atom. The number of carbonyl (C=O) groups excluding carboxylic acids is 3. The second-order valence-corrected chi connectivity index (χ2v) is 8.37. The predicted molar refractivity (Wildman–Crippen MR) is 103 cm³/mol. The van der Waals surface area contributed by atoms with Crippen molar-refractivity contribution in [1.29, 1.82) is 0 Å². The molecule has 28 heavy (non-hydrogen) atoms. The van der Waals surface area contributed by atoms with Crippen molar-refractivity contribution >= 4 is 17.8 Å². The third-order valence-corrected chi connectivity index (χ3v) is 6.31. The summed E-state index contributed by atoms with van der Waals surface area (Å²) in [6.45, 7) is 4.97. The number of hydrogen-bond donors (Lipinski definition) is 1. The van der Waals surface area contributed by atoms with Gasteiger partial charge in [0, 0.05) is 13.1 Å². The summed E-state index contributed by atoms with van der Waals surface area (Å²) in [5.41, 5.74) is 0.400. The van der Waals surface area contributed by atoms with E-state index in [1.165, 1.54) is 0 Å². The lowest BCUT2D eigenvalue weighted by Gasteiger charge is -2.40. The van der Waals surface area contributed by atoms with E-state index in [0.717, 1.165) is 36.1 Å². The molecule has 2 heterocycles. The van der Waals surface area contributed by atoms with Gasteiger partial charge < -0.3 is 15.0 Å². The first-order chi connectivity index (χ1) is 13.3. The third-order valence-electron chi connectivity index (χ3n) is 6.31. The van der Waals surface area contributed by atoms with E-state index in [2.05, 4.69) is 5.32 Å². The highest BCUT2D eigenvalue weighted by Crippen LogP contribution is 2.36. The zero-order valence-corrected chi connectivity index (χ0v) is 16.5. The number of aryl methyl sites for hydroxylation is 1. The average Bonchev–Trinajstić information content (AvgIpc) is 3.20. The molecule has 4 rings (SSSR count). The Hall–Kier alpha value is -2.41. The maximum atomic E-state index is 13.0. The first-order valence-corrected chi connectivity index (χ1v) is 9.96. The molecule has 2 aliphatic heterocycles. The number of benzene rings is 1. The smallest absolute Gasteiger partial charge is 0.325 e. The molecule has 7 heteroatoms. The summed E-state index contributed by atoms with van der Waals surface area (Å²) in [6, 6.07) is 6.96. The summed E-state index contributed by atoms with van der Waals surface area (Å²) in [5.74, 6) is -0.593. The fraction of sp³-hybridized carbons (Fsp3) is 0.571. The summed E-state index contributed by atoms with van der Waals surface area (Å²) < 4.78 is 5.97. The van der Waals surface area contributed by atoms with Gasteiger partial charge in [0.25, 0.3) is 5.91 Å². The van der Waals surface area contributed by atoms with E-state index >= 15 is 0 Å². The lowest BCUT2D eigenvalue weighted by atomic mass is 9.91. The number of urea groups is 1. The molecule has 1 aromatic rings. The molecule has 1 unspecified atom stereocenters. The second kappa shape index (κ2) is 6.88. The van der Waals surface area contributed by atoms with Crippen molar-refractivity contribution in [3.8, 4) is 0 Å². The fourth-order valence-electron chi connectivity index (χ4n) is 4.54. The third kappa shape index (κ3) is 3.17. The molecule has 0 bridgehead atoms. The standard InChI is InChI=1S/C21H27N3O4/c1-15-5-7-16(8-6-15)20(2)18(26)24(19(27)22-20)13-17(25)23-11-12-28-21(14-23)9-3-4-10-21/h5-8H,3-4,9-14H2,1-2H3,(H,22,27). The summed E-state index contributed by atoms with van der Waals surface area (Å²) in [4.78, 5) is 41.2. The van der Waals surface area contributed by atoms with Gasteiger partial charge in [0.05, 0.1) is 12.2 Å². The lowest BCUT2D eigenvalue weighted by molar-refractivity contribution is -0.152. The molecule has 1 aliphatic carbocycles. The Balaban J connectivity index is 1.47. The number of morpholine rings is 1. The van der Waals surface area contributed by atoms with Crippen LogP contribution in [0, 0.1) is 6.92 Å². The van der Waals surface area contributed by atoms with Crippen molar-refractivity contribution in [2.24, 2.45) is 0 Å². The van der Waals surface area contributed by atoms with Gasteiger partial charge in [0.15, 0.2) is 0 Å². The largest absolute Gasteiger partial charge is 0.371 e. The van der Waals surface area contributed by atoms with E-state index < -0.39 is 17.5 Å². The molecule has 1 saturated carbocycles. The maximum absolute atomic E-state index is 13.0. The summed E-state index contributed by atoms with van der Waals surface area (Å²) in [5, 5.41) is 2.76. The number of rotatable bonds is 3. The van der Waals surface area contributed by atoms with E-state index in [1.807, 2.05) is 31.2 Å². The van der Waals surface area contributed by atoms with Crippen molar-refractivity contribution in [2.75, 3.05) is 26.2 Å². The second-order valence-electron chi connectivity index (χ2n) is 8.37. The highest BCUT2D eigenvalue weighted by molar-refractivity contribution is 6.09. The monoisotopic (exact) mass is 385 g/mol. The van der Waals surface area contributed by atoms with Gasteiger partial charge in [0.1, 0.15) is 12.1 Å². The zero-order chi connectivity index (χ0) is 19.9. The van der Waals surface area contributed by atoms with Crippen molar-refractivity contribution in [3.63, 3.8) is 0 Å². The van der Waals surface area contributed by atoms with Crippen LogP contribution in [-0.2, 0) is 19.9 Å². The molecule has 3 fully saturated rings. The molecular formula is C21H27N3O4. The van der Waals surface area contributed by atoms with Crippen LogP contribution in [0.5, 0.6) is 0 Å².